The second-order valence-corrected chi connectivity index (χ2v) is 6.57. The summed E-state index contributed by atoms with van der Waals surface area (Å²) in [5.41, 5.74) is 1.37. The van der Waals surface area contributed by atoms with Crippen LogP contribution >= 0.6 is 27.7 Å². The second-order valence-electron chi connectivity index (χ2n) is 4.69. The van der Waals surface area contributed by atoms with Crippen LogP contribution in [0.25, 0.3) is 11.0 Å². The number of benzene rings is 2. The standard InChI is InChI=1S/C15H10BrF3N2S/c16-11-4-1-9(2-5-11)8-22-14-20-12-6-3-10(15(17,18)19)7-13(12)21-14/h1-7H,8H2,(H,20,21). The van der Waals surface area contributed by atoms with E-state index >= 15 is 0 Å². The number of nitrogens with zero attached hydrogens (tertiary/aromatic N) is 1. The molecule has 0 unspecified atom stereocenters. The van der Waals surface area contributed by atoms with Gasteiger partial charge in [-0.1, -0.05) is 39.8 Å². The summed E-state index contributed by atoms with van der Waals surface area (Å²) in [5.74, 6) is 0.694. The van der Waals surface area contributed by atoms with Crippen LogP contribution in [-0.4, -0.2) is 9.97 Å². The van der Waals surface area contributed by atoms with Gasteiger partial charge in [-0.2, -0.15) is 13.2 Å². The third-order valence-electron chi connectivity index (χ3n) is 3.08. The topological polar surface area (TPSA) is 28.7 Å². The molecule has 2 aromatic carbocycles. The van der Waals surface area contributed by atoms with Crippen LogP contribution < -0.4 is 0 Å². The number of hydrogen-bond acceptors (Lipinski definition) is 2. The molecule has 0 aliphatic rings. The molecule has 2 nitrogen and oxygen atoms in total. The van der Waals surface area contributed by atoms with Gasteiger partial charge in [0.15, 0.2) is 5.16 Å². The van der Waals surface area contributed by atoms with Crippen LogP contribution in [0.4, 0.5) is 13.2 Å². The Balaban J connectivity index is 1.78. The second kappa shape index (κ2) is 5.96. The minimum atomic E-state index is -4.34. The minimum absolute atomic E-state index is 0.396. The van der Waals surface area contributed by atoms with Crippen LogP contribution in [0, 0.1) is 0 Å². The molecule has 0 bridgehead atoms. The molecular formula is C15H10BrF3N2S. The van der Waals surface area contributed by atoms with E-state index in [1.807, 2.05) is 24.3 Å². The first-order valence-corrected chi connectivity index (χ1v) is 8.14. The van der Waals surface area contributed by atoms with Gasteiger partial charge >= 0.3 is 6.18 Å². The first kappa shape index (κ1) is 15.4. The van der Waals surface area contributed by atoms with Crippen LogP contribution in [0.5, 0.6) is 0 Å². The summed E-state index contributed by atoms with van der Waals surface area (Å²) in [4.78, 5) is 7.23. The third-order valence-corrected chi connectivity index (χ3v) is 4.55. The lowest BCUT2D eigenvalue weighted by Gasteiger charge is -2.05. The van der Waals surface area contributed by atoms with Gasteiger partial charge in [0.25, 0.3) is 0 Å². The predicted octanol–water partition coefficient (Wildman–Crippen LogP) is 5.64. The van der Waals surface area contributed by atoms with Crippen molar-refractivity contribution in [2.24, 2.45) is 0 Å². The van der Waals surface area contributed by atoms with Crippen LogP contribution in [0.15, 0.2) is 52.1 Å². The first-order chi connectivity index (χ1) is 10.4. The van der Waals surface area contributed by atoms with Gasteiger partial charge in [-0.15, -0.1) is 0 Å². The number of aromatic amines is 1. The molecular weight excluding hydrogens is 377 g/mol. The highest BCUT2D eigenvalue weighted by Crippen LogP contribution is 2.32. The molecule has 0 radical (unpaired) electrons. The monoisotopic (exact) mass is 386 g/mol. The van der Waals surface area contributed by atoms with Gasteiger partial charge in [-0.3, -0.25) is 0 Å². The smallest absolute Gasteiger partial charge is 0.333 e. The van der Waals surface area contributed by atoms with E-state index in [1.165, 1.54) is 17.8 Å². The van der Waals surface area contributed by atoms with Crippen molar-refractivity contribution >= 4 is 38.7 Å². The van der Waals surface area contributed by atoms with Gasteiger partial charge in [0.2, 0.25) is 0 Å². The zero-order chi connectivity index (χ0) is 15.7. The lowest BCUT2D eigenvalue weighted by atomic mass is 10.2. The SMILES string of the molecule is FC(F)(F)c1ccc2nc(SCc3ccc(Br)cc3)[nH]c2c1. The molecule has 0 aliphatic carbocycles. The molecule has 0 saturated carbocycles. The van der Waals surface area contributed by atoms with Gasteiger partial charge in [0.05, 0.1) is 16.6 Å². The van der Waals surface area contributed by atoms with Gasteiger partial charge in [-0.25, -0.2) is 4.98 Å². The molecule has 0 fully saturated rings. The van der Waals surface area contributed by atoms with Crippen molar-refractivity contribution in [2.45, 2.75) is 17.1 Å². The Hall–Kier alpha value is -1.47. The van der Waals surface area contributed by atoms with E-state index in [0.717, 1.165) is 22.2 Å². The molecule has 1 N–H and O–H groups in total. The maximum atomic E-state index is 12.7. The van der Waals surface area contributed by atoms with E-state index in [-0.39, 0.29) is 0 Å². The highest BCUT2D eigenvalue weighted by Gasteiger charge is 2.30. The molecule has 3 aromatic rings. The number of rotatable bonds is 3. The van der Waals surface area contributed by atoms with Crippen molar-refractivity contribution in [3.8, 4) is 0 Å². The average Bonchev–Trinajstić information content (AvgIpc) is 2.87. The number of H-pyrrole nitrogens is 1. The fourth-order valence-corrected chi connectivity index (χ4v) is 3.07. The predicted molar refractivity (Wildman–Crippen MR) is 84.8 cm³/mol. The van der Waals surface area contributed by atoms with Crippen molar-refractivity contribution in [3.05, 3.63) is 58.1 Å². The molecule has 0 atom stereocenters. The average molecular weight is 387 g/mol. The van der Waals surface area contributed by atoms with E-state index in [9.17, 15) is 13.2 Å². The number of aromatic nitrogens is 2. The summed E-state index contributed by atoms with van der Waals surface area (Å²) >= 11 is 4.83. The van der Waals surface area contributed by atoms with Gasteiger partial charge in [0, 0.05) is 10.2 Å². The zero-order valence-corrected chi connectivity index (χ0v) is 13.5. The summed E-state index contributed by atoms with van der Waals surface area (Å²) in [6.07, 6.45) is -4.34. The lowest BCUT2D eigenvalue weighted by molar-refractivity contribution is -0.137. The third kappa shape index (κ3) is 3.47. The Labute approximate surface area is 137 Å². The largest absolute Gasteiger partial charge is 0.416 e. The fraction of sp³-hybridized carbons (Fsp3) is 0.133. The van der Waals surface area contributed by atoms with Gasteiger partial charge < -0.3 is 4.98 Å². The number of fused-ring (bicyclic) bond motifs is 1. The molecule has 1 aromatic heterocycles. The first-order valence-electron chi connectivity index (χ1n) is 6.36. The Morgan fingerprint density at radius 1 is 1.09 bits per heavy atom. The normalized spacial score (nSPS) is 12.0. The highest BCUT2D eigenvalue weighted by molar-refractivity contribution is 9.10. The number of hydrogen-bond donors (Lipinski definition) is 1. The molecule has 0 amide bonds. The number of imidazole rings is 1. The molecule has 1 heterocycles. The number of halogens is 4. The number of thioether (sulfide) groups is 1. The summed E-state index contributed by atoms with van der Waals surface area (Å²) in [6.45, 7) is 0. The van der Waals surface area contributed by atoms with Gasteiger partial charge in [0.1, 0.15) is 0 Å². The van der Waals surface area contributed by atoms with Crippen molar-refractivity contribution < 1.29 is 13.2 Å². The Morgan fingerprint density at radius 2 is 1.82 bits per heavy atom. The fourth-order valence-electron chi connectivity index (χ4n) is 1.96. The van der Waals surface area contributed by atoms with Crippen LogP contribution in [-0.2, 0) is 11.9 Å². The van der Waals surface area contributed by atoms with E-state index in [1.54, 1.807) is 0 Å². The summed E-state index contributed by atoms with van der Waals surface area (Å²) < 4.78 is 39.0. The van der Waals surface area contributed by atoms with E-state index in [2.05, 4.69) is 25.9 Å². The van der Waals surface area contributed by atoms with Crippen molar-refractivity contribution in [3.63, 3.8) is 0 Å². The summed E-state index contributed by atoms with van der Waals surface area (Å²) in [5, 5.41) is 0.609. The molecule has 0 saturated heterocycles. The Bertz CT molecular complexity index is 797. The molecule has 0 spiro atoms. The van der Waals surface area contributed by atoms with Gasteiger partial charge in [-0.05, 0) is 35.9 Å². The van der Waals surface area contributed by atoms with E-state index in [4.69, 9.17) is 0 Å². The summed E-state index contributed by atoms with van der Waals surface area (Å²) in [7, 11) is 0. The molecule has 7 heteroatoms. The zero-order valence-electron chi connectivity index (χ0n) is 11.1. The molecule has 22 heavy (non-hydrogen) atoms. The number of alkyl halides is 3. The molecule has 0 aliphatic heterocycles. The Morgan fingerprint density at radius 3 is 2.50 bits per heavy atom. The maximum Gasteiger partial charge on any atom is 0.416 e. The lowest BCUT2D eigenvalue weighted by Crippen LogP contribution is -2.04. The van der Waals surface area contributed by atoms with Crippen molar-refractivity contribution in [2.75, 3.05) is 0 Å². The Kier molecular flexibility index (Phi) is 4.18. The highest BCUT2D eigenvalue weighted by atomic mass is 79.9. The quantitative estimate of drug-likeness (QED) is 0.590. The van der Waals surface area contributed by atoms with Crippen LogP contribution in [0.3, 0.4) is 0 Å². The molecule has 3 rings (SSSR count). The number of nitrogens with one attached hydrogen (secondary N) is 1. The van der Waals surface area contributed by atoms with E-state index in [0.29, 0.717) is 21.9 Å². The van der Waals surface area contributed by atoms with Crippen LogP contribution in [0.2, 0.25) is 0 Å². The molecule has 114 valence electrons. The van der Waals surface area contributed by atoms with Crippen molar-refractivity contribution in [1.29, 1.82) is 0 Å². The van der Waals surface area contributed by atoms with Crippen molar-refractivity contribution in [1.82, 2.24) is 9.97 Å². The van der Waals surface area contributed by atoms with Crippen LogP contribution in [0.1, 0.15) is 11.1 Å². The van der Waals surface area contributed by atoms with E-state index < -0.39 is 11.7 Å². The summed E-state index contributed by atoms with van der Waals surface area (Å²) in [6, 6.07) is 11.4. The minimum Gasteiger partial charge on any atom is -0.333 e. The maximum absolute atomic E-state index is 12.7.